The zero-order chi connectivity index (χ0) is 19.7. The number of ether oxygens (including phenoxy) is 1. The topological polar surface area (TPSA) is 58.2 Å². The van der Waals surface area contributed by atoms with E-state index in [1.54, 1.807) is 0 Å². The average molecular weight is 396 g/mol. The lowest BCUT2D eigenvalue weighted by molar-refractivity contribution is -0.134. The number of nitrogens with zero attached hydrogens (tertiary/aromatic N) is 2. The molecular weight excluding hydrogens is 374 g/mol. The first-order valence-electron chi connectivity index (χ1n) is 9.31. The maximum atomic E-state index is 12.7. The van der Waals surface area contributed by atoms with Crippen LogP contribution in [0.5, 0.6) is 5.75 Å². The van der Waals surface area contributed by atoms with Crippen LogP contribution >= 0.6 is 11.6 Å². The Morgan fingerprint density at radius 2 is 2.11 bits per heavy atom. The van der Waals surface area contributed by atoms with Gasteiger partial charge in [-0.25, -0.2) is 0 Å². The van der Waals surface area contributed by atoms with Crippen molar-refractivity contribution < 1.29 is 9.53 Å². The summed E-state index contributed by atoms with van der Waals surface area (Å²) in [5.74, 6) is 0.725. The predicted molar refractivity (Wildman–Crippen MR) is 110 cm³/mol. The third kappa shape index (κ3) is 3.76. The van der Waals surface area contributed by atoms with Gasteiger partial charge in [0.25, 0.3) is 5.91 Å². The molecule has 4 rings (SSSR count). The first-order chi connectivity index (χ1) is 13.5. The molecule has 1 aliphatic heterocycles. The second-order valence-corrected chi connectivity index (χ2v) is 7.60. The quantitative estimate of drug-likeness (QED) is 0.716. The van der Waals surface area contributed by atoms with E-state index < -0.39 is 0 Å². The zero-order valence-electron chi connectivity index (χ0n) is 16.0. The van der Waals surface area contributed by atoms with Crippen LogP contribution in [0.2, 0.25) is 5.02 Å². The van der Waals surface area contributed by atoms with Gasteiger partial charge in [-0.3, -0.25) is 9.89 Å². The summed E-state index contributed by atoms with van der Waals surface area (Å²) < 4.78 is 5.77. The van der Waals surface area contributed by atoms with E-state index >= 15 is 0 Å². The molecule has 1 N–H and O–H groups in total. The number of carbonyl (C=O) groups excluding carboxylic acids is 1. The van der Waals surface area contributed by atoms with Crippen LogP contribution in [0.3, 0.4) is 0 Å². The summed E-state index contributed by atoms with van der Waals surface area (Å²) in [6, 6.07) is 13.6. The number of carbonyl (C=O) groups is 1. The van der Waals surface area contributed by atoms with Gasteiger partial charge in [0.1, 0.15) is 5.75 Å². The number of aromatic nitrogens is 2. The van der Waals surface area contributed by atoms with Crippen LogP contribution < -0.4 is 4.74 Å². The Balaban J connectivity index is 1.47. The smallest absolute Gasteiger partial charge is 0.260 e. The Hall–Kier alpha value is -2.79. The second kappa shape index (κ2) is 7.68. The second-order valence-electron chi connectivity index (χ2n) is 7.16. The van der Waals surface area contributed by atoms with Crippen LogP contribution in [0.15, 0.2) is 42.5 Å². The average Bonchev–Trinajstić information content (AvgIpc) is 3.10. The largest absolute Gasteiger partial charge is 0.484 e. The maximum absolute atomic E-state index is 12.7. The Labute approximate surface area is 169 Å². The number of benzene rings is 2. The fraction of sp³-hybridized carbons (Fsp3) is 0.273. The molecule has 1 amide bonds. The minimum Gasteiger partial charge on any atom is -0.484 e. The minimum absolute atomic E-state index is 0.0242. The number of hydrogen-bond donors (Lipinski definition) is 1. The summed E-state index contributed by atoms with van der Waals surface area (Å²) in [6.45, 7) is 5.23. The molecule has 144 valence electrons. The van der Waals surface area contributed by atoms with Crippen LogP contribution in [0.25, 0.3) is 11.3 Å². The third-order valence-electron chi connectivity index (χ3n) is 5.07. The van der Waals surface area contributed by atoms with Crippen LogP contribution in [0.4, 0.5) is 0 Å². The molecule has 0 saturated heterocycles. The molecule has 0 fully saturated rings. The monoisotopic (exact) mass is 395 g/mol. The Kier molecular flexibility index (Phi) is 5.09. The highest BCUT2D eigenvalue weighted by Crippen LogP contribution is 2.30. The summed E-state index contributed by atoms with van der Waals surface area (Å²) in [6.07, 6.45) is 0.748. The van der Waals surface area contributed by atoms with Gasteiger partial charge in [-0.05, 0) is 37.6 Å². The summed E-state index contributed by atoms with van der Waals surface area (Å²) in [5.41, 5.74) is 6.14. The lowest BCUT2D eigenvalue weighted by Crippen LogP contribution is -2.38. The molecule has 28 heavy (non-hydrogen) atoms. The molecule has 1 aromatic heterocycles. The molecule has 2 heterocycles. The highest BCUT2D eigenvalue weighted by Gasteiger charge is 2.26. The maximum Gasteiger partial charge on any atom is 0.260 e. The third-order valence-corrected chi connectivity index (χ3v) is 5.30. The van der Waals surface area contributed by atoms with Crippen molar-refractivity contribution in [3.8, 4) is 17.0 Å². The fourth-order valence-electron chi connectivity index (χ4n) is 3.57. The van der Waals surface area contributed by atoms with Crippen molar-refractivity contribution in [2.45, 2.75) is 26.8 Å². The van der Waals surface area contributed by atoms with Gasteiger partial charge < -0.3 is 9.64 Å². The van der Waals surface area contributed by atoms with Crippen LogP contribution in [0.1, 0.15) is 22.4 Å². The van der Waals surface area contributed by atoms with E-state index in [1.165, 1.54) is 5.56 Å². The number of rotatable bonds is 4. The Bertz CT molecular complexity index is 1030. The van der Waals surface area contributed by atoms with E-state index in [1.807, 2.05) is 55.1 Å². The standard InChI is InChI=1S/C22H22ClN3O2/c1-14-6-7-20(15(2)10-14)28-13-21(27)26-9-8-19-18(12-26)22(25-24-19)16-4-3-5-17(23)11-16/h3-7,10-11H,8-9,12-13H2,1-2H3,(H,24,25). The summed E-state index contributed by atoms with van der Waals surface area (Å²) in [5, 5.41) is 8.24. The van der Waals surface area contributed by atoms with Crippen molar-refractivity contribution in [3.63, 3.8) is 0 Å². The Morgan fingerprint density at radius 1 is 1.25 bits per heavy atom. The molecule has 0 bridgehead atoms. The Morgan fingerprint density at radius 3 is 2.89 bits per heavy atom. The van der Waals surface area contributed by atoms with Gasteiger partial charge in [0.15, 0.2) is 6.61 Å². The van der Waals surface area contributed by atoms with E-state index in [9.17, 15) is 4.79 Å². The molecule has 0 unspecified atom stereocenters. The molecule has 3 aromatic rings. The molecule has 0 atom stereocenters. The number of aryl methyl sites for hydroxylation is 2. The molecule has 6 heteroatoms. The van der Waals surface area contributed by atoms with E-state index in [0.29, 0.717) is 18.1 Å². The van der Waals surface area contributed by atoms with Crippen LogP contribution in [-0.4, -0.2) is 34.2 Å². The molecule has 2 aromatic carbocycles. The SMILES string of the molecule is Cc1ccc(OCC(=O)N2CCc3[nH]nc(-c4cccc(Cl)c4)c3C2)c(C)c1. The fourth-order valence-corrected chi connectivity index (χ4v) is 3.76. The lowest BCUT2D eigenvalue weighted by Gasteiger charge is -2.27. The first-order valence-corrected chi connectivity index (χ1v) is 9.69. The number of halogens is 1. The van der Waals surface area contributed by atoms with Gasteiger partial charge >= 0.3 is 0 Å². The van der Waals surface area contributed by atoms with Crippen molar-refractivity contribution in [1.29, 1.82) is 0 Å². The van der Waals surface area contributed by atoms with Gasteiger partial charge in [0.05, 0.1) is 5.69 Å². The number of nitrogens with one attached hydrogen (secondary N) is 1. The van der Waals surface area contributed by atoms with Crippen molar-refractivity contribution in [2.24, 2.45) is 0 Å². The summed E-state index contributed by atoms with van der Waals surface area (Å²) in [7, 11) is 0. The molecular formula is C22H22ClN3O2. The van der Waals surface area contributed by atoms with Crippen molar-refractivity contribution in [2.75, 3.05) is 13.2 Å². The molecule has 5 nitrogen and oxygen atoms in total. The van der Waals surface area contributed by atoms with Gasteiger partial charge in [0.2, 0.25) is 0 Å². The van der Waals surface area contributed by atoms with E-state index in [4.69, 9.17) is 16.3 Å². The minimum atomic E-state index is -0.0242. The summed E-state index contributed by atoms with van der Waals surface area (Å²) >= 11 is 6.13. The molecule has 1 aliphatic rings. The molecule has 0 saturated carbocycles. The van der Waals surface area contributed by atoms with Crippen molar-refractivity contribution in [1.82, 2.24) is 15.1 Å². The molecule has 0 spiro atoms. The highest BCUT2D eigenvalue weighted by atomic mass is 35.5. The molecule has 0 aliphatic carbocycles. The van der Waals surface area contributed by atoms with Crippen LogP contribution in [0, 0.1) is 13.8 Å². The normalized spacial score (nSPS) is 13.3. The number of aromatic amines is 1. The highest BCUT2D eigenvalue weighted by molar-refractivity contribution is 6.30. The number of H-pyrrole nitrogens is 1. The first kappa shape index (κ1) is 18.6. The van der Waals surface area contributed by atoms with Crippen LogP contribution in [-0.2, 0) is 17.8 Å². The number of amides is 1. The van der Waals surface area contributed by atoms with Gasteiger partial charge in [-0.1, -0.05) is 41.4 Å². The van der Waals surface area contributed by atoms with E-state index in [-0.39, 0.29) is 12.5 Å². The lowest BCUT2D eigenvalue weighted by atomic mass is 10.0. The summed E-state index contributed by atoms with van der Waals surface area (Å²) in [4.78, 5) is 14.6. The zero-order valence-corrected chi connectivity index (χ0v) is 16.7. The van der Waals surface area contributed by atoms with E-state index in [0.717, 1.165) is 40.2 Å². The van der Waals surface area contributed by atoms with Crippen molar-refractivity contribution in [3.05, 3.63) is 69.9 Å². The number of fused-ring (bicyclic) bond motifs is 1. The number of hydrogen-bond acceptors (Lipinski definition) is 3. The van der Waals surface area contributed by atoms with Gasteiger partial charge in [0, 0.05) is 41.4 Å². The molecule has 0 radical (unpaired) electrons. The van der Waals surface area contributed by atoms with E-state index in [2.05, 4.69) is 16.3 Å². The predicted octanol–water partition coefficient (Wildman–Crippen LogP) is 4.31. The van der Waals surface area contributed by atoms with Gasteiger partial charge in [-0.2, -0.15) is 5.10 Å². The van der Waals surface area contributed by atoms with Gasteiger partial charge in [-0.15, -0.1) is 0 Å². The van der Waals surface area contributed by atoms with Crippen molar-refractivity contribution >= 4 is 17.5 Å².